The largest absolute Gasteiger partial charge is 0.472 e. The molecular formula is C82H160O17P2. The topological polar surface area (TPSA) is 237 Å². The van der Waals surface area contributed by atoms with Crippen molar-refractivity contribution in [1.29, 1.82) is 0 Å². The number of carbonyl (C=O) groups excluding carboxylic acids is 4. The van der Waals surface area contributed by atoms with Crippen LogP contribution in [0.15, 0.2) is 0 Å². The minimum atomic E-state index is -4.96. The molecule has 0 aliphatic rings. The van der Waals surface area contributed by atoms with Crippen LogP contribution in [0.25, 0.3) is 0 Å². The molecule has 19 heteroatoms. The zero-order chi connectivity index (χ0) is 74.2. The highest BCUT2D eigenvalue weighted by atomic mass is 31.2. The SMILES string of the molecule is CCCCCCCCCCCCCCCCCCCCCCCC(=O)O[C@H](COC(=O)CCCCCCCCCCCCCCC(C)C)COP(=O)(O)OC[C@@H](O)COP(=O)(O)OC[C@@H](COC(=O)CCCCCCCCCC(C)C)OC(=O)CCCCCCCCCCCCCCCCC. The molecule has 0 bridgehead atoms. The van der Waals surface area contributed by atoms with Crippen LogP contribution in [0.3, 0.4) is 0 Å². The first-order valence-corrected chi connectivity index (χ1v) is 45.5. The standard InChI is InChI=1S/C82H160O17P2/c1-7-9-11-13-15-17-19-21-23-24-25-26-27-28-30-32-38-42-48-55-61-67-81(86)98-77(70-92-79(84)64-58-52-46-40-36-34-33-35-39-44-50-56-62-74(3)4)72-96-100(88,89)94-68-76(83)69-95-101(90,91)97-73-78(71-93-80(85)65-59-53-49-43-45-51-57-63-75(5)6)99-82(87)66-60-54-47-41-37-31-29-22-20-18-16-14-12-10-8-2/h74-78,83H,7-73H2,1-6H3,(H,88,89)(H,90,91)/t76-,77-,78-/m1/s1. The number of carbonyl (C=O) groups is 4. The zero-order valence-electron chi connectivity index (χ0n) is 66.2. The summed E-state index contributed by atoms with van der Waals surface area (Å²) in [6.45, 7) is 9.60. The average molecular weight is 1480 g/mol. The van der Waals surface area contributed by atoms with E-state index >= 15 is 0 Å². The van der Waals surface area contributed by atoms with Gasteiger partial charge in [0.15, 0.2) is 12.2 Å². The average Bonchev–Trinajstić information content (AvgIpc) is 0.925. The molecule has 0 aliphatic carbocycles. The lowest BCUT2D eigenvalue weighted by Crippen LogP contribution is -2.30. The highest BCUT2D eigenvalue weighted by Crippen LogP contribution is 2.45. The third kappa shape index (κ3) is 76.1. The highest BCUT2D eigenvalue weighted by molar-refractivity contribution is 7.47. The van der Waals surface area contributed by atoms with Gasteiger partial charge in [-0.2, -0.15) is 0 Å². The Kier molecular flexibility index (Phi) is 72.2. The maximum absolute atomic E-state index is 13.1. The Morgan fingerprint density at radius 1 is 0.267 bits per heavy atom. The summed E-state index contributed by atoms with van der Waals surface area (Å²) in [5.41, 5.74) is 0. The Morgan fingerprint density at radius 3 is 0.673 bits per heavy atom. The van der Waals surface area contributed by atoms with Crippen LogP contribution in [-0.2, 0) is 65.4 Å². The Bertz CT molecular complexity index is 1940. The predicted molar refractivity (Wildman–Crippen MR) is 414 cm³/mol. The van der Waals surface area contributed by atoms with Crippen molar-refractivity contribution >= 4 is 39.5 Å². The van der Waals surface area contributed by atoms with Crippen LogP contribution in [0.5, 0.6) is 0 Å². The highest BCUT2D eigenvalue weighted by Gasteiger charge is 2.30. The number of esters is 4. The van der Waals surface area contributed by atoms with Gasteiger partial charge in [0.2, 0.25) is 0 Å². The fourth-order valence-electron chi connectivity index (χ4n) is 12.7. The molecule has 5 atom stereocenters. The van der Waals surface area contributed by atoms with E-state index in [2.05, 4.69) is 41.5 Å². The molecule has 0 spiro atoms. The van der Waals surface area contributed by atoms with Crippen LogP contribution in [0.2, 0.25) is 0 Å². The van der Waals surface area contributed by atoms with Gasteiger partial charge in [-0.05, 0) is 37.5 Å². The summed E-state index contributed by atoms with van der Waals surface area (Å²) >= 11 is 0. The molecule has 600 valence electrons. The molecule has 0 amide bonds. The monoisotopic (exact) mass is 1480 g/mol. The van der Waals surface area contributed by atoms with Crippen molar-refractivity contribution in [3.05, 3.63) is 0 Å². The van der Waals surface area contributed by atoms with Crippen molar-refractivity contribution in [3.63, 3.8) is 0 Å². The van der Waals surface area contributed by atoms with E-state index in [-0.39, 0.29) is 25.7 Å². The molecule has 0 heterocycles. The number of ether oxygens (including phenoxy) is 4. The van der Waals surface area contributed by atoms with Crippen LogP contribution in [0.4, 0.5) is 0 Å². The van der Waals surface area contributed by atoms with Gasteiger partial charge in [0, 0.05) is 25.7 Å². The van der Waals surface area contributed by atoms with Crippen molar-refractivity contribution in [2.24, 2.45) is 11.8 Å². The molecule has 0 aromatic heterocycles. The molecule has 0 aromatic rings. The van der Waals surface area contributed by atoms with Gasteiger partial charge in [0.25, 0.3) is 0 Å². The van der Waals surface area contributed by atoms with Gasteiger partial charge in [0.1, 0.15) is 19.3 Å². The lowest BCUT2D eigenvalue weighted by atomic mass is 10.0. The van der Waals surface area contributed by atoms with Crippen LogP contribution >= 0.6 is 15.6 Å². The summed E-state index contributed by atoms with van der Waals surface area (Å²) in [7, 11) is -9.92. The molecule has 0 saturated heterocycles. The summed E-state index contributed by atoms with van der Waals surface area (Å²) in [6, 6.07) is 0. The van der Waals surface area contributed by atoms with Gasteiger partial charge in [-0.25, -0.2) is 9.13 Å². The van der Waals surface area contributed by atoms with Gasteiger partial charge in [0.05, 0.1) is 26.4 Å². The molecule has 3 N–H and O–H groups in total. The Balaban J connectivity index is 5.22. The van der Waals surface area contributed by atoms with Crippen molar-refractivity contribution < 1.29 is 80.2 Å². The molecule has 0 fully saturated rings. The van der Waals surface area contributed by atoms with E-state index in [9.17, 15) is 43.2 Å². The third-order valence-electron chi connectivity index (χ3n) is 19.2. The molecule has 2 unspecified atom stereocenters. The van der Waals surface area contributed by atoms with E-state index in [1.807, 2.05) is 0 Å². The smallest absolute Gasteiger partial charge is 0.462 e. The number of rotatable bonds is 81. The summed E-state index contributed by atoms with van der Waals surface area (Å²) in [4.78, 5) is 73.0. The van der Waals surface area contributed by atoms with Gasteiger partial charge in [-0.15, -0.1) is 0 Å². The molecule has 17 nitrogen and oxygen atoms in total. The van der Waals surface area contributed by atoms with Crippen LogP contribution in [0, 0.1) is 11.8 Å². The number of aliphatic hydroxyl groups excluding tert-OH is 1. The zero-order valence-corrected chi connectivity index (χ0v) is 68.0. The molecule has 0 rings (SSSR count). The number of hydrogen-bond donors (Lipinski definition) is 3. The van der Waals surface area contributed by atoms with Gasteiger partial charge in [-0.3, -0.25) is 37.3 Å². The summed E-state index contributed by atoms with van der Waals surface area (Å²) in [6.07, 6.45) is 64.0. The first-order chi connectivity index (χ1) is 48.9. The van der Waals surface area contributed by atoms with Crippen molar-refractivity contribution in [3.8, 4) is 0 Å². The quantitative estimate of drug-likeness (QED) is 0.0222. The minimum absolute atomic E-state index is 0.107. The first-order valence-electron chi connectivity index (χ1n) is 42.5. The van der Waals surface area contributed by atoms with Crippen molar-refractivity contribution in [1.82, 2.24) is 0 Å². The molecule has 0 saturated carbocycles. The summed E-state index contributed by atoms with van der Waals surface area (Å²) in [5, 5.41) is 10.6. The maximum Gasteiger partial charge on any atom is 0.472 e. The van der Waals surface area contributed by atoms with Crippen LogP contribution in [-0.4, -0.2) is 96.7 Å². The molecule has 0 radical (unpaired) electrons. The van der Waals surface area contributed by atoms with Gasteiger partial charge < -0.3 is 33.8 Å². The molecule has 0 aliphatic heterocycles. The van der Waals surface area contributed by atoms with E-state index < -0.39 is 97.5 Å². The Labute approximate surface area is 619 Å². The molecule has 101 heavy (non-hydrogen) atoms. The third-order valence-corrected chi connectivity index (χ3v) is 21.1. The summed E-state index contributed by atoms with van der Waals surface area (Å²) in [5.74, 6) is -0.621. The second kappa shape index (κ2) is 73.6. The van der Waals surface area contributed by atoms with E-state index in [4.69, 9.17) is 37.0 Å². The predicted octanol–water partition coefficient (Wildman–Crippen LogP) is 24.7. The van der Waals surface area contributed by atoms with Crippen molar-refractivity contribution in [2.45, 2.75) is 452 Å². The fourth-order valence-corrected chi connectivity index (χ4v) is 14.3. The van der Waals surface area contributed by atoms with E-state index in [1.165, 1.54) is 244 Å². The second-order valence-corrected chi connectivity index (χ2v) is 33.4. The van der Waals surface area contributed by atoms with Crippen LogP contribution < -0.4 is 0 Å². The second-order valence-electron chi connectivity index (χ2n) is 30.5. The first kappa shape index (κ1) is 99.1. The molecule has 0 aromatic carbocycles. The Hall–Kier alpha value is -1.94. The minimum Gasteiger partial charge on any atom is -0.462 e. The number of aliphatic hydroxyl groups is 1. The van der Waals surface area contributed by atoms with E-state index in [0.29, 0.717) is 31.6 Å². The lowest BCUT2D eigenvalue weighted by molar-refractivity contribution is -0.161. The number of phosphoric ester groups is 2. The fraction of sp³-hybridized carbons (Fsp3) is 0.951. The normalized spacial score (nSPS) is 13.9. The number of hydrogen-bond acceptors (Lipinski definition) is 15. The van der Waals surface area contributed by atoms with E-state index in [0.717, 1.165) is 102 Å². The van der Waals surface area contributed by atoms with E-state index in [1.54, 1.807) is 0 Å². The maximum atomic E-state index is 13.1. The lowest BCUT2D eigenvalue weighted by Gasteiger charge is -2.21. The Morgan fingerprint density at radius 2 is 0.455 bits per heavy atom. The number of phosphoric acid groups is 2. The molecular weight excluding hydrogens is 1320 g/mol. The van der Waals surface area contributed by atoms with Gasteiger partial charge >= 0.3 is 39.5 Å². The summed E-state index contributed by atoms with van der Waals surface area (Å²) < 4.78 is 68.7. The van der Waals surface area contributed by atoms with Gasteiger partial charge in [-0.1, -0.05) is 382 Å². The number of unbranched alkanes of at least 4 members (excludes halogenated alkanes) is 51. The van der Waals surface area contributed by atoms with Crippen LogP contribution in [0.1, 0.15) is 433 Å². The van der Waals surface area contributed by atoms with Crippen molar-refractivity contribution in [2.75, 3.05) is 39.6 Å².